The molecule has 0 unspecified atom stereocenters. The number of ether oxygens (including phenoxy) is 1. The van der Waals surface area contributed by atoms with Crippen molar-refractivity contribution >= 4 is 22.8 Å². The van der Waals surface area contributed by atoms with Crippen molar-refractivity contribution in [1.29, 1.82) is 0 Å². The van der Waals surface area contributed by atoms with Gasteiger partial charge in [0, 0.05) is 23.1 Å². The van der Waals surface area contributed by atoms with E-state index in [9.17, 15) is 9.59 Å². The van der Waals surface area contributed by atoms with E-state index in [4.69, 9.17) is 4.74 Å². The van der Waals surface area contributed by atoms with Crippen molar-refractivity contribution in [3.63, 3.8) is 0 Å². The van der Waals surface area contributed by atoms with Gasteiger partial charge in [-0.3, -0.25) is 9.36 Å². The lowest BCUT2D eigenvalue weighted by Gasteiger charge is -2.19. The summed E-state index contributed by atoms with van der Waals surface area (Å²) in [6.07, 6.45) is 1.23. The van der Waals surface area contributed by atoms with Crippen LogP contribution >= 0.6 is 0 Å². The molecule has 1 aromatic heterocycles. The van der Waals surface area contributed by atoms with Crippen molar-refractivity contribution in [2.24, 2.45) is 5.92 Å². The minimum absolute atomic E-state index is 0.0637. The van der Waals surface area contributed by atoms with Gasteiger partial charge >= 0.3 is 6.09 Å². The first kappa shape index (κ1) is 15.3. The van der Waals surface area contributed by atoms with E-state index in [2.05, 4.69) is 0 Å². The summed E-state index contributed by atoms with van der Waals surface area (Å²) in [6.45, 7) is 9.19. The second-order valence-corrected chi connectivity index (χ2v) is 6.46. The van der Waals surface area contributed by atoms with Gasteiger partial charge in [0.2, 0.25) is 0 Å². The van der Waals surface area contributed by atoms with Crippen LogP contribution in [0.4, 0.5) is 4.79 Å². The molecule has 0 atom stereocenters. The number of hydrogen-bond donors (Lipinski definition) is 0. The number of rotatable bonds is 2. The van der Waals surface area contributed by atoms with Crippen molar-refractivity contribution in [2.45, 2.75) is 40.2 Å². The molecule has 0 bridgehead atoms. The fraction of sp³-hybridized carbons (Fsp3) is 0.412. The van der Waals surface area contributed by atoms with E-state index in [1.54, 1.807) is 18.3 Å². The second kappa shape index (κ2) is 5.35. The van der Waals surface area contributed by atoms with Crippen LogP contribution in [0.1, 0.15) is 45.0 Å². The number of carbonyl (C=O) groups excluding carboxylic acids is 2. The second-order valence-electron chi connectivity index (χ2n) is 6.46. The van der Waals surface area contributed by atoms with Crippen LogP contribution in [-0.4, -0.2) is 22.0 Å². The molecular formula is C17H21NO3. The summed E-state index contributed by atoms with van der Waals surface area (Å²) < 4.78 is 6.82. The largest absolute Gasteiger partial charge is 0.443 e. The summed E-state index contributed by atoms with van der Waals surface area (Å²) in [6, 6.07) is 7.24. The van der Waals surface area contributed by atoms with Gasteiger partial charge in [0.15, 0.2) is 5.78 Å². The zero-order chi connectivity index (χ0) is 15.8. The molecule has 21 heavy (non-hydrogen) atoms. The molecule has 0 aliphatic heterocycles. The van der Waals surface area contributed by atoms with E-state index in [0.29, 0.717) is 11.1 Å². The molecule has 0 N–H and O–H groups in total. The predicted octanol–water partition coefficient (Wildman–Crippen LogP) is 4.26. The zero-order valence-corrected chi connectivity index (χ0v) is 13.1. The Bertz CT molecular complexity index is 690. The molecular weight excluding hydrogens is 266 g/mol. The SMILES string of the molecule is CC(C)C(=O)c1ccc2ccn(C(=O)OC(C)(C)C)c2c1. The Morgan fingerprint density at radius 3 is 2.38 bits per heavy atom. The monoisotopic (exact) mass is 287 g/mol. The van der Waals surface area contributed by atoms with Crippen molar-refractivity contribution in [1.82, 2.24) is 4.57 Å². The van der Waals surface area contributed by atoms with Crippen LogP contribution in [0, 0.1) is 5.92 Å². The topological polar surface area (TPSA) is 48.3 Å². The molecule has 0 saturated carbocycles. The highest BCUT2D eigenvalue weighted by atomic mass is 16.6. The van der Waals surface area contributed by atoms with Gasteiger partial charge in [0.25, 0.3) is 0 Å². The maximum absolute atomic E-state index is 12.2. The number of benzene rings is 1. The molecule has 2 aromatic rings. The lowest BCUT2D eigenvalue weighted by Crippen LogP contribution is -2.26. The molecule has 1 aromatic carbocycles. The summed E-state index contributed by atoms with van der Waals surface area (Å²) >= 11 is 0. The predicted molar refractivity (Wildman–Crippen MR) is 82.7 cm³/mol. The molecule has 0 fully saturated rings. The maximum Gasteiger partial charge on any atom is 0.418 e. The van der Waals surface area contributed by atoms with Crippen LogP contribution in [0.25, 0.3) is 10.9 Å². The van der Waals surface area contributed by atoms with Gasteiger partial charge in [-0.1, -0.05) is 26.0 Å². The van der Waals surface area contributed by atoms with Crippen molar-refractivity contribution in [3.05, 3.63) is 36.0 Å². The van der Waals surface area contributed by atoms with Crippen LogP contribution in [0.3, 0.4) is 0 Å². The molecule has 4 heteroatoms. The van der Waals surface area contributed by atoms with Crippen LogP contribution < -0.4 is 0 Å². The molecule has 0 amide bonds. The van der Waals surface area contributed by atoms with Crippen LogP contribution in [0.5, 0.6) is 0 Å². The lowest BCUT2D eigenvalue weighted by molar-refractivity contribution is 0.0544. The fourth-order valence-electron chi connectivity index (χ4n) is 2.09. The Balaban J connectivity index is 2.44. The van der Waals surface area contributed by atoms with Crippen LogP contribution in [-0.2, 0) is 4.74 Å². The Labute approximate surface area is 124 Å². The third kappa shape index (κ3) is 3.32. The van der Waals surface area contributed by atoms with Crippen LogP contribution in [0.15, 0.2) is 30.5 Å². The van der Waals surface area contributed by atoms with E-state index in [1.165, 1.54) is 4.57 Å². The number of nitrogens with zero attached hydrogens (tertiary/aromatic N) is 1. The van der Waals surface area contributed by atoms with E-state index in [1.807, 2.05) is 46.8 Å². The maximum atomic E-state index is 12.2. The number of aromatic nitrogens is 1. The van der Waals surface area contributed by atoms with Crippen molar-refractivity contribution < 1.29 is 14.3 Å². The van der Waals surface area contributed by atoms with Gasteiger partial charge in [-0.05, 0) is 32.9 Å². The summed E-state index contributed by atoms with van der Waals surface area (Å²) in [4.78, 5) is 24.3. The molecule has 0 aliphatic rings. The van der Waals surface area contributed by atoms with Gasteiger partial charge in [-0.2, -0.15) is 0 Å². The molecule has 1 heterocycles. The van der Waals surface area contributed by atoms with E-state index < -0.39 is 11.7 Å². The fourth-order valence-corrected chi connectivity index (χ4v) is 2.09. The average Bonchev–Trinajstić information content (AvgIpc) is 2.78. The molecule has 2 rings (SSSR count). The first-order chi connectivity index (χ1) is 9.69. The smallest absolute Gasteiger partial charge is 0.418 e. The number of fused-ring (bicyclic) bond motifs is 1. The molecule has 0 radical (unpaired) electrons. The summed E-state index contributed by atoms with van der Waals surface area (Å²) in [7, 11) is 0. The molecule has 0 aliphatic carbocycles. The highest BCUT2D eigenvalue weighted by Crippen LogP contribution is 2.21. The molecule has 0 saturated heterocycles. The summed E-state index contributed by atoms with van der Waals surface area (Å²) in [5, 5.41) is 0.904. The number of ketones is 1. The summed E-state index contributed by atoms with van der Waals surface area (Å²) in [5.41, 5.74) is 0.746. The van der Waals surface area contributed by atoms with Gasteiger partial charge in [-0.25, -0.2) is 4.79 Å². The minimum atomic E-state index is -0.557. The molecule has 4 nitrogen and oxygen atoms in total. The van der Waals surface area contributed by atoms with Gasteiger partial charge in [0.1, 0.15) is 5.60 Å². The number of carbonyl (C=O) groups is 2. The van der Waals surface area contributed by atoms with Gasteiger partial charge in [-0.15, -0.1) is 0 Å². The Kier molecular flexibility index (Phi) is 3.90. The van der Waals surface area contributed by atoms with Crippen molar-refractivity contribution in [2.75, 3.05) is 0 Å². The van der Waals surface area contributed by atoms with Crippen LogP contribution in [0.2, 0.25) is 0 Å². The third-order valence-electron chi connectivity index (χ3n) is 3.09. The normalized spacial score (nSPS) is 11.9. The van der Waals surface area contributed by atoms with Gasteiger partial charge in [0.05, 0.1) is 5.52 Å². The first-order valence-electron chi connectivity index (χ1n) is 7.08. The zero-order valence-electron chi connectivity index (χ0n) is 13.1. The van der Waals surface area contributed by atoms with Gasteiger partial charge < -0.3 is 4.74 Å². The molecule has 112 valence electrons. The highest BCUT2D eigenvalue weighted by molar-refractivity contribution is 6.01. The Hall–Kier alpha value is -2.10. The quantitative estimate of drug-likeness (QED) is 0.775. The van der Waals surface area contributed by atoms with E-state index >= 15 is 0 Å². The standard InChI is InChI=1S/C17H21NO3/c1-11(2)15(19)13-7-6-12-8-9-18(14(12)10-13)16(20)21-17(3,4)5/h6-11H,1-5H3. The van der Waals surface area contributed by atoms with E-state index in [0.717, 1.165) is 5.39 Å². The number of Topliss-reactive ketones (excluding diaryl/α,β-unsaturated/α-hetero) is 1. The summed E-state index contributed by atoms with van der Waals surface area (Å²) in [5.74, 6) is -0.0128. The lowest BCUT2D eigenvalue weighted by atomic mass is 10.0. The minimum Gasteiger partial charge on any atom is -0.443 e. The molecule has 0 spiro atoms. The highest BCUT2D eigenvalue weighted by Gasteiger charge is 2.20. The Morgan fingerprint density at radius 2 is 1.81 bits per heavy atom. The van der Waals surface area contributed by atoms with Crippen molar-refractivity contribution in [3.8, 4) is 0 Å². The number of hydrogen-bond acceptors (Lipinski definition) is 3. The third-order valence-corrected chi connectivity index (χ3v) is 3.09. The first-order valence-corrected chi connectivity index (χ1v) is 7.08. The van der Waals surface area contributed by atoms with E-state index in [-0.39, 0.29) is 11.7 Å². The Morgan fingerprint density at radius 1 is 1.14 bits per heavy atom. The average molecular weight is 287 g/mol.